The Bertz CT molecular complexity index is 1280. The summed E-state index contributed by atoms with van der Waals surface area (Å²) in [6.07, 6.45) is 7.45. The van der Waals surface area contributed by atoms with Crippen molar-refractivity contribution in [3.05, 3.63) is 36.3 Å². The fourth-order valence-corrected chi connectivity index (χ4v) is 4.72. The van der Waals surface area contributed by atoms with Crippen molar-refractivity contribution in [2.45, 2.75) is 63.6 Å². The van der Waals surface area contributed by atoms with Gasteiger partial charge in [-0.1, -0.05) is 0 Å². The Morgan fingerprint density at radius 3 is 2.51 bits per heavy atom. The van der Waals surface area contributed by atoms with E-state index in [0.29, 0.717) is 46.3 Å². The van der Waals surface area contributed by atoms with Gasteiger partial charge < -0.3 is 30.2 Å². The number of aliphatic hydroxyl groups excluding tert-OH is 1. The summed E-state index contributed by atoms with van der Waals surface area (Å²) in [5.74, 6) is 1.42. The molecule has 2 aliphatic carbocycles. The van der Waals surface area contributed by atoms with Crippen molar-refractivity contribution in [3.63, 3.8) is 0 Å². The number of nitrogens with one attached hydrogen (secondary N) is 3. The molecule has 37 heavy (non-hydrogen) atoms. The Hall–Kier alpha value is -3.66. The number of aromatic amines is 1. The largest absolute Gasteiger partial charge is 0.497 e. The molecule has 0 bridgehead atoms. The summed E-state index contributed by atoms with van der Waals surface area (Å²) in [5.41, 5.74) is 3.13. The van der Waals surface area contributed by atoms with Crippen molar-refractivity contribution in [1.29, 1.82) is 0 Å². The highest BCUT2D eigenvalue weighted by atomic mass is 16.5. The Labute approximate surface area is 215 Å². The van der Waals surface area contributed by atoms with Gasteiger partial charge in [0.1, 0.15) is 35.1 Å². The number of H-pyrrole nitrogens is 1. The number of aliphatic hydroxyl groups is 1. The molecule has 2 aromatic heterocycles. The molecule has 3 aromatic rings. The van der Waals surface area contributed by atoms with Crippen molar-refractivity contribution < 1.29 is 24.2 Å². The number of carbonyl (C=O) groups is 2. The second-order valence-corrected chi connectivity index (χ2v) is 9.97. The van der Waals surface area contributed by atoms with Gasteiger partial charge in [0.2, 0.25) is 5.91 Å². The minimum absolute atomic E-state index is 0.00229. The van der Waals surface area contributed by atoms with Crippen LogP contribution in [0.1, 0.15) is 55.8 Å². The van der Waals surface area contributed by atoms with Crippen molar-refractivity contribution in [2.24, 2.45) is 5.92 Å². The lowest BCUT2D eigenvalue weighted by Crippen LogP contribution is -2.45. The standard InChI is InChI=1S/C27H33N5O5/c1-15(33)26(34)31-17-5-7-18(8-6-17)32-27(35)21-12-28-25-23(29-14-30-24(21)25)20-10-9-19(36-2)11-22(20)37-13-16-3-4-16/h9-12,14-18,28,33H,3-8,13H2,1-2H3,(H,31,34)(H,32,35)/t15-,17?,18?/m0/s1. The summed E-state index contributed by atoms with van der Waals surface area (Å²) in [5, 5.41) is 15.4. The van der Waals surface area contributed by atoms with Crippen LogP contribution in [0.5, 0.6) is 11.5 Å². The number of rotatable bonds is 9. The molecule has 196 valence electrons. The fraction of sp³-hybridized carbons (Fsp3) is 0.481. The van der Waals surface area contributed by atoms with Gasteiger partial charge in [-0.15, -0.1) is 0 Å². The molecule has 10 nitrogen and oxygen atoms in total. The highest BCUT2D eigenvalue weighted by molar-refractivity contribution is 6.08. The van der Waals surface area contributed by atoms with Crippen LogP contribution >= 0.6 is 0 Å². The molecular formula is C27H33N5O5. The zero-order chi connectivity index (χ0) is 25.9. The summed E-state index contributed by atoms with van der Waals surface area (Å²) in [6.45, 7) is 2.10. The van der Waals surface area contributed by atoms with E-state index in [2.05, 4.69) is 25.6 Å². The average molecular weight is 508 g/mol. The van der Waals surface area contributed by atoms with Gasteiger partial charge in [-0.2, -0.15) is 0 Å². The van der Waals surface area contributed by atoms with E-state index in [1.807, 2.05) is 18.2 Å². The predicted octanol–water partition coefficient (Wildman–Crippen LogP) is 2.96. The average Bonchev–Trinajstić information content (AvgIpc) is 3.64. The molecular weight excluding hydrogens is 474 g/mol. The molecule has 0 radical (unpaired) electrons. The maximum Gasteiger partial charge on any atom is 0.255 e. The second-order valence-electron chi connectivity index (χ2n) is 9.97. The number of carbonyl (C=O) groups excluding carboxylic acids is 2. The van der Waals surface area contributed by atoms with E-state index in [0.717, 1.165) is 31.2 Å². The van der Waals surface area contributed by atoms with Crippen LogP contribution < -0.4 is 20.1 Å². The van der Waals surface area contributed by atoms with Crippen molar-refractivity contribution in [3.8, 4) is 22.8 Å². The first-order valence-corrected chi connectivity index (χ1v) is 12.9. The molecule has 1 atom stereocenters. The summed E-state index contributed by atoms with van der Waals surface area (Å²) in [4.78, 5) is 37.1. The monoisotopic (exact) mass is 507 g/mol. The first-order chi connectivity index (χ1) is 17.9. The molecule has 1 aromatic carbocycles. The van der Waals surface area contributed by atoms with E-state index in [-0.39, 0.29) is 23.9 Å². The highest BCUT2D eigenvalue weighted by Crippen LogP contribution is 2.37. The maximum absolute atomic E-state index is 13.2. The Balaban J connectivity index is 1.31. The maximum atomic E-state index is 13.2. The Kier molecular flexibility index (Phi) is 7.27. The molecule has 2 saturated carbocycles. The van der Waals surface area contributed by atoms with E-state index < -0.39 is 6.10 Å². The minimum atomic E-state index is -1.02. The molecule has 0 spiro atoms. The normalized spacial score (nSPS) is 20.3. The first-order valence-electron chi connectivity index (χ1n) is 12.9. The summed E-state index contributed by atoms with van der Waals surface area (Å²) in [6, 6.07) is 5.66. The minimum Gasteiger partial charge on any atom is -0.497 e. The SMILES string of the molecule is COc1ccc(-c2ncnc3c(C(=O)NC4CCC(NC(=O)[C@H](C)O)CC4)c[nH]c23)c(OCC2CC2)c1. The van der Waals surface area contributed by atoms with E-state index >= 15 is 0 Å². The van der Waals surface area contributed by atoms with Gasteiger partial charge in [-0.3, -0.25) is 9.59 Å². The van der Waals surface area contributed by atoms with Crippen LogP contribution in [0.2, 0.25) is 0 Å². The van der Waals surface area contributed by atoms with E-state index in [1.54, 1.807) is 13.3 Å². The zero-order valence-corrected chi connectivity index (χ0v) is 21.1. The van der Waals surface area contributed by atoms with Gasteiger partial charge in [-0.25, -0.2) is 9.97 Å². The lowest BCUT2D eigenvalue weighted by molar-refractivity contribution is -0.129. The molecule has 2 aliphatic rings. The number of amides is 2. The molecule has 0 aliphatic heterocycles. The van der Waals surface area contributed by atoms with Crippen molar-refractivity contribution >= 4 is 22.8 Å². The molecule has 4 N–H and O–H groups in total. The van der Waals surface area contributed by atoms with Gasteiger partial charge >= 0.3 is 0 Å². The lowest BCUT2D eigenvalue weighted by Gasteiger charge is -2.29. The van der Waals surface area contributed by atoms with Gasteiger partial charge in [0.05, 0.1) is 24.8 Å². The van der Waals surface area contributed by atoms with Crippen LogP contribution in [0.4, 0.5) is 0 Å². The zero-order valence-electron chi connectivity index (χ0n) is 21.1. The fourth-order valence-electron chi connectivity index (χ4n) is 4.72. The van der Waals surface area contributed by atoms with Crippen LogP contribution in [0, 0.1) is 5.92 Å². The molecule has 2 amide bonds. The summed E-state index contributed by atoms with van der Waals surface area (Å²) in [7, 11) is 1.62. The molecule has 2 heterocycles. The third-order valence-electron chi connectivity index (χ3n) is 7.11. The van der Waals surface area contributed by atoms with E-state index in [1.165, 1.54) is 26.1 Å². The molecule has 0 unspecified atom stereocenters. The van der Waals surface area contributed by atoms with Crippen LogP contribution in [0.15, 0.2) is 30.7 Å². The Morgan fingerprint density at radius 1 is 1.11 bits per heavy atom. The van der Waals surface area contributed by atoms with E-state index in [4.69, 9.17) is 9.47 Å². The molecule has 0 saturated heterocycles. The highest BCUT2D eigenvalue weighted by Gasteiger charge is 2.27. The van der Waals surface area contributed by atoms with Crippen LogP contribution in [0.25, 0.3) is 22.3 Å². The van der Waals surface area contributed by atoms with Gasteiger partial charge in [-0.05, 0) is 63.5 Å². The predicted molar refractivity (Wildman–Crippen MR) is 137 cm³/mol. The van der Waals surface area contributed by atoms with Crippen LogP contribution in [0.3, 0.4) is 0 Å². The van der Waals surface area contributed by atoms with Crippen LogP contribution in [-0.2, 0) is 4.79 Å². The number of aromatic nitrogens is 3. The number of methoxy groups -OCH3 is 1. The number of ether oxygens (including phenoxy) is 2. The summed E-state index contributed by atoms with van der Waals surface area (Å²) < 4.78 is 11.5. The van der Waals surface area contributed by atoms with Crippen molar-refractivity contribution in [1.82, 2.24) is 25.6 Å². The Morgan fingerprint density at radius 2 is 1.84 bits per heavy atom. The lowest BCUT2D eigenvalue weighted by atomic mass is 9.91. The molecule has 2 fully saturated rings. The number of fused-ring (bicyclic) bond motifs is 1. The van der Waals surface area contributed by atoms with Gasteiger partial charge in [0.15, 0.2) is 0 Å². The van der Waals surface area contributed by atoms with Gasteiger partial charge in [0.25, 0.3) is 5.91 Å². The van der Waals surface area contributed by atoms with E-state index in [9.17, 15) is 14.7 Å². The van der Waals surface area contributed by atoms with Crippen LogP contribution in [-0.4, -0.2) is 63.8 Å². The summed E-state index contributed by atoms with van der Waals surface area (Å²) >= 11 is 0. The molecule has 10 heteroatoms. The topological polar surface area (TPSA) is 138 Å². The third kappa shape index (κ3) is 5.69. The number of nitrogens with zero attached hydrogens (tertiary/aromatic N) is 2. The first kappa shape index (κ1) is 25.0. The molecule has 5 rings (SSSR count). The second kappa shape index (κ2) is 10.8. The number of benzene rings is 1. The van der Waals surface area contributed by atoms with Crippen molar-refractivity contribution in [2.75, 3.05) is 13.7 Å². The smallest absolute Gasteiger partial charge is 0.255 e. The quantitative estimate of drug-likeness (QED) is 0.349. The number of hydrogen-bond acceptors (Lipinski definition) is 7. The number of hydrogen-bond donors (Lipinski definition) is 4. The third-order valence-corrected chi connectivity index (χ3v) is 7.11. The van der Waals surface area contributed by atoms with Gasteiger partial charge in [0, 0.05) is 29.9 Å².